The second kappa shape index (κ2) is 17.7. The van der Waals surface area contributed by atoms with Crippen molar-refractivity contribution in [3.05, 3.63) is 0 Å². The Kier molecular flexibility index (Phi) is 17.6. The van der Waals surface area contributed by atoms with Crippen LogP contribution >= 0.6 is 0 Å². The number of unbranched alkanes of at least 4 members (excludes halogenated alkanes) is 15. The van der Waals surface area contributed by atoms with Gasteiger partial charge < -0.3 is 0 Å². The van der Waals surface area contributed by atoms with Crippen LogP contribution in [0.2, 0.25) is 0 Å². The first-order chi connectivity index (χ1) is 11.6. The average Bonchev–Trinajstić information content (AvgIpc) is 2.54. The molecule has 0 spiro atoms. The molecule has 0 saturated heterocycles. The molecule has 0 aromatic carbocycles. The van der Waals surface area contributed by atoms with E-state index in [1.165, 1.54) is 90.6 Å². The van der Waals surface area contributed by atoms with Crippen molar-refractivity contribution in [1.29, 1.82) is 0 Å². The predicted molar refractivity (Wildman–Crippen MR) is 101 cm³/mol. The van der Waals surface area contributed by atoms with Gasteiger partial charge in [-0.1, -0.05) is 103 Å². The summed E-state index contributed by atoms with van der Waals surface area (Å²) >= 11 is 0. The monoisotopic (exact) mass is 364 g/mol. The lowest BCUT2D eigenvalue weighted by Gasteiger charge is -2.04. The zero-order chi connectivity index (χ0) is 17.9. The molecule has 0 aliphatic carbocycles. The largest absolute Gasteiger partial charge is 0.293 e. The summed E-state index contributed by atoms with van der Waals surface area (Å²) in [5, 5.41) is 0. The SMILES string of the molecule is CCCCCCCCCCCCCCCCCCS(=O)(=O)OOC. The van der Waals surface area contributed by atoms with Gasteiger partial charge in [-0.15, -0.1) is 4.33 Å². The highest BCUT2D eigenvalue weighted by Gasteiger charge is 2.10. The van der Waals surface area contributed by atoms with E-state index in [2.05, 4.69) is 16.1 Å². The van der Waals surface area contributed by atoms with Crippen LogP contribution in [0.3, 0.4) is 0 Å². The first-order valence-electron chi connectivity index (χ1n) is 10.1. The second-order valence-electron chi connectivity index (χ2n) is 6.80. The summed E-state index contributed by atoms with van der Waals surface area (Å²) < 4.78 is 26.7. The Bertz CT molecular complexity index is 341. The molecule has 0 aromatic rings. The van der Waals surface area contributed by atoms with Gasteiger partial charge in [0.15, 0.2) is 0 Å². The average molecular weight is 365 g/mol. The summed E-state index contributed by atoms with van der Waals surface area (Å²) in [6.45, 7) is 2.27. The molecule has 0 N–H and O–H groups in total. The highest BCUT2D eigenvalue weighted by atomic mass is 32.2. The molecule has 0 radical (unpaired) electrons. The van der Waals surface area contributed by atoms with Gasteiger partial charge in [0, 0.05) is 0 Å². The zero-order valence-corrected chi connectivity index (χ0v) is 16.9. The number of rotatable bonds is 19. The standard InChI is InChI=1S/C19H40O4S/c1-3-4-5-6-7-8-9-10-11-12-13-14-15-16-17-18-19-24(20,21)23-22-2/h3-19H2,1-2H3. The van der Waals surface area contributed by atoms with Crippen LogP contribution in [0.1, 0.15) is 110 Å². The van der Waals surface area contributed by atoms with Gasteiger partial charge in [-0.3, -0.25) is 0 Å². The third kappa shape index (κ3) is 18.2. The normalized spacial score (nSPS) is 11.9. The summed E-state index contributed by atoms with van der Waals surface area (Å²) in [7, 11) is -2.26. The molecule has 0 amide bonds. The second-order valence-corrected chi connectivity index (χ2v) is 8.46. The Morgan fingerprint density at radius 3 is 1.25 bits per heavy atom. The van der Waals surface area contributed by atoms with Crippen LogP contribution in [0.4, 0.5) is 0 Å². The van der Waals surface area contributed by atoms with Crippen LogP contribution in [-0.4, -0.2) is 21.3 Å². The maximum absolute atomic E-state index is 11.2. The minimum atomic E-state index is -3.47. The van der Waals surface area contributed by atoms with E-state index in [0.717, 1.165) is 12.8 Å². The fraction of sp³-hybridized carbons (Fsp3) is 1.00. The van der Waals surface area contributed by atoms with Crippen LogP contribution in [0, 0.1) is 0 Å². The van der Waals surface area contributed by atoms with E-state index in [4.69, 9.17) is 0 Å². The van der Waals surface area contributed by atoms with E-state index in [9.17, 15) is 8.42 Å². The third-order valence-corrected chi connectivity index (χ3v) is 5.55. The fourth-order valence-electron chi connectivity index (χ4n) is 2.96. The van der Waals surface area contributed by atoms with Crippen LogP contribution in [0.25, 0.3) is 0 Å². The molecule has 146 valence electrons. The molecule has 4 nitrogen and oxygen atoms in total. The minimum Gasteiger partial charge on any atom is -0.223 e. The van der Waals surface area contributed by atoms with E-state index in [-0.39, 0.29) is 5.75 Å². The Labute approximate surface area is 150 Å². The molecule has 0 aromatic heterocycles. The quantitative estimate of drug-likeness (QED) is 0.156. The van der Waals surface area contributed by atoms with Crippen LogP contribution in [0.5, 0.6) is 0 Å². The molecule has 0 aliphatic heterocycles. The van der Waals surface area contributed by atoms with E-state index in [0.29, 0.717) is 6.42 Å². The van der Waals surface area contributed by atoms with Gasteiger partial charge in [0.1, 0.15) is 0 Å². The number of hydrogen-bond acceptors (Lipinski definition) is 4. The van der Waals surface area contributed by atoms with Gasteiger partial charge in [0.05, 0.1) is 12.9 Å². The van der Waals surface area contributed by atoms with E-state index in [1.807, 2.05) is 0 Å². The van der Waals surface area contributed by atoms with Crippen molar-refractivity contribution in [3.63, 3.8) is 0 Å². The van der Waals surface area contributed by atoms with E-state index >= 15 is 0 Å². The minimum absolute atomic E-state index is 0.0548. The molecule has 0 bridgehead atoms. The topological polar surface area (TPSA) is 52.6 Å². The molecule has 0 aliphatic rings. The van der Waals surface area contributed by atoms with Crippen molar-refractivity contribution in [2.24, 2.45) is 0 Å². The lowest BCUT2D eigenvalue weighted by Crippen LogP contribution is -2.09. The molecule has 0 saturated carbocycles. The molecule has 0 heterocycles. The molecule has 0 fully saturated rings. The zero-order valence-electron chi connectivity index (χ0n) is 16.1. The highest BCUT2D eigenvalue weighted by Crippen LogP contribution is 2.14. The molecule has 24 heavy (non-hydrogen) atoms. The van der Waals surface area contributed by atoms with Crippen molar-refractivity contribution < 1.29 is 17.6 Å². The van der Waals surface area contributed by atoms with Crippen molar-refractivity contribution in [3.8, 4) is 0 Å². The van der Waals surface area contributed by atoms with E-state index in [1.54, 1.807) is 0 Å². The Balaban J connectivity index is 3.13. The summed E-state index contributed by atoms with van der Waals surface area (Å²) in [5.41, 5.74) is 0. The molecule has 5 heteroatoms. The summed E-state index contributed by atoms with van der Waals surface area (Å²) in [6, 6.07) is 0. The first-order valence-corrected chi connectivity index (χ1v) is 11.6. The smallest absolute Gasteiger partial charge is 0.223 e. The van der Waals surface area contributed by atoms with Crippen LogP contribution < -0.4 is 0 Å². The molecule has 0 atom stereocenters. The summed E-state index contributed by atoms with van der Waals surface area (Å²) in [6.07, 6.45) is 20.5. The Morgan fingerprint density at radius 2 is 0.917 bits per heavy atom. The lowest BCUT2D eigenvalue weighted by atomic mass is 10.0. The van der Waals surface area contributed by atoms with Gasteiger partial charge in [-0.2, -0.15) is 8.42 Å². The molecular weight excluding hydrogens is 324 g/mol. The summed E-state index contributed by atoms with van der Waals surface area (Å²) in [4.78, 5) is 4.20. The summed E-state index contributed by atoms with van der Waals surface area (Å²) in [5.74, 6) is 0.0548. The highest BCUT2D eigenvalue weighted by molar-refractivity contribution is 7.86. The lowest BCUT2D eigenvalue weighted by molar-refractivity contribution is -0.172. The Morgan fingerprint density at radius 1 is 0.583 bits per heavy atom. The maximum Gasteiger partial charge on any atom is 0.293 e. The molecule has 0 rings (SSSR count). The van der Waals surface area contributed by atoms with Crippen molar-refractivity contribution in [1.82, 2.24) is 0 Å². The van der Waals surface area contributed by atoms with Crippen LogP contribution in [-0.2, 0) is 19.3 Å². The molecule has 0 unspecified atom stereocenters. The van der Waals surface area contributed by atoms with E-state index < -0.39 is 10.1 Å². The van der Waals surface area contributed by atoms with Gasteiger partial charge in [-0.05, 0) is 6.42 Å². The van der Waals surface area contributed by atoms with Crippen molar-refractivity contribution in [2.75, 3.05) is 12.9 Å². The first kappa shape index (κ1) is 23.9. The van der Waals surface area contributed by atoms with Crippen molar-refractivity contribution in [2.45, 2.75) is 110 Å². The Hall–Kier alpha value is -0.130. The fourth-order valence-corrected chi connectivity index (χ4v) is 3.80. The number of hydrogen-bond donors (Lipinski definition) is 0. The van der Waals surface area contributed by atoms with Gasteiger partial charge >= 0.3 is 0 Å². The maximum atomic E-state index is 11.2. The van der Waals surface area contributed by atoms with Gasteiger partial charge in [-0.25, -0.2) is 4.89 Å². The van der Waals surface area contributed by atoms with Gasteiger partial charge in [0.25, 0.3) is 10.1 Å². The molecular formula is C19H40O4S. The third-order valence-electron chi connectivity index (χ3n) is 4.42. The van der Waals surface area contributed by atoms with Gasteiger partial charge in [0.2, 0.25) is 0 Å². The van der Waals surface area contributed by atoms with Crippen LogP contribution in [0.15, 0.2) is 0 Å². The predicted octanol–water partition coefficient (Wildman–Crippen LogP) is 6.16. The van der Waals surface area contributed by atoms with Crippen molar-refractivity contribution >= 4 is 10.1 Å².